The zero-order chi connectivity index (χ0) is 14.4. The Balaban J connectivity index is 1.87. The van der Waals surface area contributed by atoms with Gasteiger partial charge in [-0.3, -0.25) is 4.79 Å². The highest BCUT2D eigenvalue weighted by molar-refractivity contribution is 7.99. The third-order valence-electron chi connectivity index (χ3n) is 3.46. The summed E-state index contributed by atoms with van der Waals surface area (Å²) < 4.78 is 0. The Labute approximate surface area is 128 Å². The average molecular weight is 309 g/mol. The van der Waals surface area contributed by atoms with Crippen LogP contribution in [-0.4, -0.2) is 35.2 Å². The van der Waals surface area contributed by atoms with E-state index < -0.39 is 0 Å². The summed E-state index contributed by atoms with van der Waals surface area (Å²) in [4.78, 5) is 13.7. The van der Waals surface area contributed by atoms with E-state index in [-0.39, 0.29) is 12.5 Å². The first-order chi connectivity index (χ1) is 9.72. The van der Waals surface area contributed by atoms with Crippen LogP contribution in [0.1, 0.15) is 40.2 Å². The molecular formula is C15H19NO2S2. The molecule has 0 atom stereocenters. The normalized spacial score (nSPS) is 21.9. The van der Waals surface area contributed by atoms with Crippen molar-refractivity contribution in [3.8, 4) is 11.8 Å². The summed E-state index contributed by atoms with van der Waals surface area (Å²) in [7, 11) is 0. The number of aliphatic hydroxyl groups is 1. The average Bonchev–Trinajstić information content (AvgIpc) is 2.95. The molecule has 0 aliphatic heterocycles. The Morgan fingerprint density at radius 1 is 1.45 bits per heavy atom. The molecule has 1 heterocycles. The molecule has 2 rings (SSSR count). The molecule has 3 nitrogen and oxygen atoms in total. The summed E-state index contributed by atoms with van der Waals surface area (Å²) in [5.41, 5.74) is 0. The van der Waals surface area contributed by atoms with Crippen molar-refractivity contribution in [2.75, 3.05) is 12.9 Å². The van der Waals surface area contributed by atoms with Gasteiger partial charge in [-0.05, 0) is 44.1 Å². The van der Waals surface area contributed by atoms with Crippen LogP contribution in [0, 0.1) is 11.8 Å². The lowest BCUT2D eigenvalue weighted by molar-refractivity contribution is 0.0932. The number of hydrogen-bond acceptors (Lipinski definition) is 4. The summed E-state index contributed by atoms with van der Waals surface area (Å²) in [6, 6.07) is 3.93. The highest BCUT2D eigenvalue weighted by Gasteiger charge is 2.22. The summed E-state index contributed by atoms with van der Waals surface area (Å²) in [5.74, 6) is 5.41. The first-order valence-electron chi connectivity index (χ1n) is 6.76. The predicted octanol–water partition coefficient (Wildman–Crippen LogP) is 2.50. The summed E-state index contributed by atoms with van der Waals surface area (Å²) in [6.07, 6.45) is 6.66. The molecule has 0 unspecified atom stereocenters. The van der Waals surface area contributed by atoms with E-state index in [2.05, 4.69) is 23.4 Å². The SMILES string of the molecule is CSC1CCC(NC(=O)c2ccc(C#CCO)s2)CC1. The molecule has 0 bridgehead atoms. The van der Waals surface area contributed by atoms with Crippen molar-refractivity contribution in [1.82, 2.24) is 5.32 Å². The van der Waals surface area contributed by atoms with Crippen LogP contribution in [0.25, 0.3) is 0 Å². The van der Waals surface area contributed by atoms with E-state index >= 15 is 0 Å². The number of hydrogen-bond donors (Lipinski definition) is 2. The standard InChI is InChI=1S/C15H19NO2S2/c1-19-12-6-4-11(5-7-12)16-15(18)14-9-8-13(20-14)3-2-10-17/h8-9,11-12,17H,4-7,10H2,1H3,(H,16,18). The van der Waals surface area contributed by atoms with Crippen molar-refractivity contribution in [2.45, 2.75) is 37.0 Å². The van der Waals surface area contributed by atoms with Gasteiger partial charge in [0, 0.05) is 11.3 Å². The Hall–Kier alpha value is -0.960. The molecule has 1 fully saturated rings. The lowest BCUT2D eigenvalue weighted by Gasteiger charge is -2.27. The number of nitrogens with one attached hydrogen (secondary N) is 1. The smallest absolute Gasteiger partial charge is 0.261 e. The van der Waals surface area contributed by atoms with Gasteiger partial charge in [0.25, 0.3) is 5.91 Å². The van der Waals surface area contributed by atoms with E-state index in [1.165, 1.54) is 24.2 Å². The van der Waals surface area contributed by atoms with Crippen molar-refractivity contribution >= 4 is 29.0 Å². The minimum Gasteiger partial charge on any atom is -0.384 e. The second-order valence-corrected chi connectivity index (χ2v) is 7.03. The van der Waals surface area contributed by atoms with E-state index in [1.807, 2.05) is 17.8 Å². The van der Waals surface area contributed by atoms with Crippen molar-refractivity contribution in [3.05, 3.63) is 21.9 Å². The fourth-order valence-electron chi connectivity index (χ4n) is 2.35. The molecule has 1 aliphatic carbocycles. The van der Waals surface area contributed by atoms with E-state index in [1.54, 1.807) is 6.07 Å². The van der Waals surface area contributed by atoms with Gasteiger partial charge in [0.2, 0.25) is 0 Å². The van der Waals surface area contributed by atoms with Crippen molar-refractivity contribution in [2.24, 2.45) is 0 Å². The van der Waals surface area contributed by atoms with Gasteiger partial charge in [-0.2, -0.15) is 11.8 Å². The molecule has 1 amide bonds. The van der Waals surface area contributed by atoms with Gasteiger partial charge in [-0.15, -0.1) is 11.3 Å². The molecule has 0 spiro atoms. The first-order valence-corrected chi connectivity index (χ1v) is 8.86. The topological polar surface area (TPSA) is 49.3 Å². The second kappa shape index (κ2) is 7.72. The van der Waals surface area contributed by atoms with E-state index in [0.717, 1.165) is 23.0 Å². The van der Waals surface area contributed by atoms with Gasteiger partial charge in [0.15, 0.2) is 0 Å². The fraction of sp³-hybridized carbons (Fsp3) is 0.533. The highest BCUT2D eigenvalue weighted by Crippen LogP contribution is 2.27. The van der Waals surface area contributed by atoms with Crippen LogP contribution in [0.2, 0.25) is 0 Å². The first kappa shape index (κ1) is 15.4. The van der Waals surface area contributed by atoms with E-state index in [0.29, 0.717) is 10.9 Å². The molecule has 1 aromatic rings. The van der Waals surface area contributed by atoms with Crippen molar-refractivity contribution in [3.63, 3.8) is 0 Å². The summed E-state index contributed by atoms with van der Waals surface area (Å²) in [5, 5.41) is 12.5. The molecule has 0 aromatic carbocycles. The zero-order valence-electron chi connectivity index (χ0n) is 11.5. The van der Waals surface area contributed by atoms with Crippen LogP contribution in [-0.2, 0) is 0 Å². The van der Waals surface area contributed by atoms with E-state index in [9.17, 15) is 4.79 Å². The minimum atomic E-state index is -0.155. The zero-order valence-corrected chi connectivity index (χ0v) is 13.1. The highest BCUT2D eigenvalue weighted by atomic mass is 32.2. The number of thioether (sulfide) groups is 1. The maximum absolute atomic E-state index is 12.1. The Morgan fingerprint density at radius 3 is 2.85 bits per heavy atom. The monoisotopic (exact) mass is 309 g/mol. The molecule has 108 valence electrons. The molecule has 1 aliphatic rings. The number of carbonyl (C=O) groups is 1. The maximum Gasteiger partial charge on any atom is 0.261 e. The number of thiophene rings is 1. The van der Waals surface area contributed by atoms with Crippen LogP contribution >= 0.6 is 23.1 Å². The Bertz CT molecular complexity index is 507. The van der Waals surface area contributed by atoms with Crippen LogP contribution < -0.4 is 5.32 Å². The van der Waals surface area contributed by atoms with Crippen LogP contribution in [0.15, 0.2) is 12.1 Å². The summed E-state index contributed by atoms with van der Waals surface area (Å²) in [6.45, 7) is -0.155. The lowest BCUT2D eigenvalue weighted by atomic mass is 9.95. The molecule has 1 saturated carbocycles. The number of rotatable bonds is 3. The van der Waals surface area contributed by atoms with Gasteiger partial charge < -0.3 is 10.4 Å². The van der Waals surface area contributed by atoms with Gasteiger partial charge in [-0.1, -0.05) is 11.8 Å². The minimum absolute atomic E-state index is 0.000324. The van der Waals surface area contributed by atoms with Crippen LogP contribution in [0.4, 0.5) is 0 Å². The quantitative estimate of drug-likeness (QED) is 0.844. The fourth-order valence-corrected chi connectivity index (χ4v) is 3.88. The maximum atomic E-state index is 12.1. The largest absolute Gasteiger partial charge is 0.384 e. The number of aliphatic hydroxyl groups excluding tert-OH is 1. The van der Waals surface area contributed by atoms with E-state index in [4.69, 9.17) is 5.11 Å². The molecule has 1 aromatic heterocycles. The number of carbonyl (C=O) groups excluding carboxylic acids is 1. The lowest BCUT2D eigenvalue weighted by Crippen LogP contribution is -2.37. The second-order valence-electron chi connectivity index (χ2n) is 4.81. The van der Waals surface area contributed by atoms with Crippen molar-refractivity contribution in [1.29, 1.82) is 0 Å². The third kappa shape index (κ3) is 4.27. The van der Waals surface area contributed by atoms with Gasteiger partial charge in [0.1, 0.15) is 6.61 Å². The van der Waals surface area contributed by atoms with Crippen LogP contribution in [0.3, 0.4) is 0 Å². The molecule has 5 heteroatoms. The third-order valence-corrected chi connectivity index (χ3v) is 5.60. The molecule has 0 saturated heterocycles. The van der Waals surface area contributed by atoms with Gasteiger partial charge >= 0.3 is 0 Å². The molecule has 20 heavy (non-hydrogen) atoms. The Kier molecular flexibility index (Phi) is 5.96. The van der Waals surface area contributed by atoms with Gasteiger partial charge in [-0.25, -0.2) is 0 Å². The summed E-state index contributed by atoms with van der Waals surface area (Å²) >= 11 is 3.30. The molecule has 0 radical (unpaired) electrons. The van der Waals surface area contributed by atoms with Gasteiger partial charge in [0.05, 0.1) is 9.75 Å². The molecule has 2 N–H and O–H groups in total. The predicted molar refractivity (Wildman–Crippen MR) is 85.3 cm³/mol. The number of amides is 1. The Morgan fingerprint density at radius 2 is 2.20 bits per heavy atom. The molecular weight excluding hydrogens is 290 g/mol. The van der Waals surface area contributed by atoms with Crippen molar-refractivity contribution < 1.29 is 9.90 Å². The van der Waals surface area contributed by atoms with Crippen LogP contribution in [0.5, 0.6) is 0 Å².